The van der Waals surface area contributed by atoms with Crippen LogP contribution in [0.25, 0.3) is 0 Å². The first-order valence-electron chi connectivity index (χ1n) is 5.42. The van der Waals surface area contributed by atoms with Gasteiger partial charge in [0, 0.05) is 22.1 Å². The largest absolute Gasteiger partial charge is 0.319 e. The Balaban J connectivity index is 2.16. The molecule has 2 aromatic rings. The molecule has 4 nitrogen and oxygen atoms in total. The van der Waals surface area contributed by atoms with Crippen LogP contribution in [-0.2, 0) is 6.54 Å². The minimum atomic E-state index is -0.192. The Morgan fingerprint density at radius 3 is 2.94 bits per heavy atom. The molecule has 1 heterocycles. The van der Waals surface area contributed by atoms with Gasteiger partial charge in [0.25, 0.3) is 5.91 Å². The van der Waals surface area contributed by atoms with Crippen molar-refractivity contribution in [1.82, 2.24) is 9.78 Å². The molecule has 18 heavy (non-hydrogen) atoms. The van der Waals surface area contributed by atoms with Crippen molar-refractivity contribution in [2.24, 2.45) is 0 Å². The van der Waals surface area contributed by atoms with Crippen LogP contribution in [0.1, 0.15) is 17.3 Å². The van der Waals surface area contributed by atoms with Crippen molar-refractivity contribution in [2.75, 3.05) is 5.32 Å². The molecule has 0 fully saturated rings. The van der Waals surface area contributed by atoms with Gasteiger partial charge in [-0.2, -0.15) is 5.10 Å². The molecular formula is C12H12BrN3OS. The van der Waals surface area contributed by atoms with Crippen LogP contribution >= 0.6 is 28.6 Å². The van der Waals surface area contributed by atoms with E-state index in [2.05, 4.69) is 39.0 Å². The fourth-order valence-electron chi connectivity index (χ4n) is 1.50. The molecule has 0 saturated carbocycles. The van der Waals surface area contributed by atoms with E-state index >= 15 is 0 Å². The minimum absolute atomic E-state index is 0.192. The van der Waals surface area contributed by atoms with E-state index in [1.165, 1.54) is 0 Å². The molecule has 0 aliphatic heterocycles. The highest BCUT2D eigenvalue weighted by molar-refractivity contribution is 9.10. The number of nitrogens with one attached hydrogen (secondary N) is 1. The topological polar surface area (TPSA) is 46.9 Å². The second kappa shape index (κ2) is 5.58. The predicted molar refractivity (Wildman–Crippen MR) is 77.2 cm³/mol. The van der Waals surface area contributed by atoms with Gasteiger partial charge < -0.3 is 5.32 Å². The van der Waals surface area contributed by atoms with Gasteiger partial charge in [0.2, 0.25) is 0 Å². The second-order valence-corrected chi connectivity index (χ2v) is 5.10. The number of thiol groups is 1. The highest BCUT2D eigenvalue weighted by atomic mass is 79.9. The third-order valence-electron chi connectivity index (χ3n) is 2.42. The first-order chi connectivity index (χ1) is 8.60. The quantitative estimate of drug-likeness (QED) is 0.851. The van der Waals surface area contributed by atoms with Crippen molar-refractivity contribution >= 4 is 40.2 Å². The van der Waals surface area contributed by atoms with Crippen molar-refractivity contribution < 1.29 is 4.79 Å². The summed E-state index contributed by atoms with van der Waals surface area (Å²) in [5.74, 6) is -0.192. The number of rotatable bonds is 3. The first kappa shape index (κ1) is 13.2. The summed E-state index contributed by atoms with van der Waals surface area (Å²) in [4.78, 5) is 12.7. The molecule has 0 radical (unpaired) electrons. The average Bonchev–Trinajstić information content (AvgIpc) is 2.76. The Morgan fingerprint density at radius 2 is 2.33 bits per heavy atom. The number of amides is 1. The van der Waals surface area contributed by atoms with Crippen LogP contribution in [-0.4, -0.2) is 15.7 Å². The Hall–Kier alpha value is -1.27. The molecule has 0 spiro atoms. The molecule has 94 valence electrons. The minimum Gasteiger partial charge on any atom is -0.319 e. The zero-order valence-electron chi connectivity index (χ0n) is 9.72. The number of hydrogen-bond donors (Lipinski definition) is 2. The number of halogens is 1. The zero-order valence-corrected chi connectivity index (χ0v) is 12.2. The smallest absolute Gasteiger partial charge is 0.256 e. The molecule has 1 aromatic carbocycles. The summed E-state index contributed by atoms with van der Waals surface area (Å²) in [6.45, 7) is 2.76. The highest BCUT2D eigenvalue weighted by Gasteiger charge is 2.10. The van der Waals surface area contributed by atoms with Gasteiger partial charge in [0.15, 0.2) is 0 Å². The average molecular weight is 326 g/mol. The molecule has 2 rings (SSSR count). The molecular weight excluding hydrogens is 314 g/mol. The maximum Gasteiger partial charge on any atom is 0.256 e. The van der Waals surface area contributed by atoms with Crippen LogP contribution in [0.2, 0.25) is 0 Å². The summed E-state index contributed by atoms with van der Waals surface area (Å²) in [5.41, 5.74) is 1.21. The van der Waals surface area contributed by atoms with E-state index < -0.39 is 0 Å². The molecule has 1 aromatic heterocycles. The maximum atomic E-state index is 12.0. The molecule has 1 N–H and O–H groups in total. The lowest BCUT2D eigenvalue weighted by Crippen LogP contribution is -2.12. The van der Waals surface area contributed by atoms with Gasteiger partial charge in [-0.1, -0.05) is 15.9 Å². The number of aromatic nitrogens is 2. The highest BCUT2D eigenvalue weighted by Crippen LogP contribution is 2.20. The summed E-state index contributed by atoms with van der Waals surface area (Å²) < 4.78 is 2.64. The van der Waals surface area contributed by atoms with Gasteiger partial charge in [0.05, 0.1) is 17.4 Å². The maximum absolute atomic E-state index is 12.0. The number of carbonyl (C=O) groups is 1. The fourth-order valence-corrected chi connectivity index (χ4v) is 2.35. The summed E-state index contributed by atoms with van der Waals surface area (Å²) in [6, 6.07) is 5.32. The number of hydrogen-bond acceptors (Lipinski definition) is 3. The van der Waals surface area contributed by atoms with Crippen molar-refractivity contribution in [1.29, 1.82) is 0 Å². The van der Waals surface area contributed by atoms with E-state index in [0.29, 0.717) is 16.1 Å². The van der Waals surface area contributed by atoms with Crippen LogP contribution in [0.5, 0.6) is 0 Å². The van der Waals surface area contributed by atoms with Crippen molar-refractivity contribution in [2.45, 2.75) is 18.4 Å². The van der Waals surface area contributed by atoms with E-state index in [4.69, 9.17) is 0 Å². The second-order valence-electron chi connectivity index (χ2n) is 3.70. The Kier molecular flexibility index (Phi) is 4.08. The Labute approximate surface area is 119 Å². The monoisotopic (exact) mass is 325 g/mol. The summed E-state index contributed by atoms with van der Waals surface area (Å²) in [7, 11) is 0. The van der Waals surface area contributed by atoms with Gasteiger partial charge in [-0.05, 0) is 25.1 Å². The third-order valence-corrected chi connectivity index (χ3v) is 3.28. The van der Waals surface area contributed by atoms with Crippen molar-refractivity contribution in [3.63, 3.8) is 0 Å². The molecule has 0 atom stereocenters. The third kappa shape index (κ3) is 2.94. The van der Waals surface area contributed by atoms with Gasteiger partial charge in [-0.15, -0.1) is 12.6 Å². The van der Waals surface area contributed by atoms with E-state index in [0.717, 1.165) is 11.0 Å². The van der Waals surface area contributed by atoms with E-state index in [1.54, 1.807) is 29.2 Å². The molecule has 0 bridgehead atoms. The van der Waals surface area contributed by atoms with Crippen LogP contribution in [0.3, 0.4) is 0 Å². The SMILES string of the molecule is CCn1cc(NC(=O)c2ccc(Br)cc2S)cn1. The van der Waals surface area contributed by atoms with Crippen LogP contribution < -0.4 is 5.32 Å². The van der Waals surface area contributed by atoms with Gasteiger partial charge in [0.1, 0.15) is 0 Å². The van der Waals surface area contributed by atoms with E-state index in [-0.39, 0.29) is 5.91 Å². The lowest BCUT2D eigenvalue weighted by atomic mass is 10.2. The molecule has 0 aliphatic rings. The van der Waals surface area contributed by atoms with E-state index in [1.807, 2.05) is 13.0 Å². The summed E-state index contributed by atoms with van der Waals surface area (Å²) in [6.07, 6.45) is 3.41. The van der Waals surface area contributed by atoms with Crippen molar-refractivity contribution in [3.8, 4) is 0 Å². The number of benzene rings is 1. The first-order valence-corrected chi connectivity index (χ1v) is 6.66. The zero-order chi connectivity index (χ0) is 13.1. The molecule has 0 aliphatic carbocycles. The number of anilines is 1. The normalized spacial score (nSPS) is 10.4. The Morgan fingerprint density at radius 1 is 1.56 bits per heavy atom. The van der Waals surface area contributed by atoms with Gasteiger partial charge in [-0.25, -0.2) is 0 Å². The molecule has 6 heteroatoms. The summed E-state index contributed by atoms with van der Waals surface area (Å²) >= 11 is 7.62. The van der Waals surface area contributed by atoms with Crippen LogP contribution in [0.15, 0.2) is 40.0 Å². The molecule has 1 amide bonds. The lowest BCUT2D eigenvalue weighted by molar-refractivity contribution is 0.102. The Bertz CT molecular complexity index is 582. The predicted octanol–water partition coefficient (Wildman–Crippen LogP) is 3.21. The van der Waals surface area contributed by atoms with Crippen LogP contribution in [0.4, 0.5) is 5.69 Å². The number of aryl methyl sites for hydroxylation is 1. The van der Waals surface area contributed by atoms with Crippen LogP contribution in [0, 0.1) is 0 Å². The lowest BCUT2D eigenvalue weighted by Gasteiger charge is -2.05. The number of nitrogens with zero attached hydrogens (tertiary/aromatic N) is 2. The fraction of sp³-hybridized carbons (Fsp3) is 0.167. The number of carbonyl (C=O) groups excluding carboxylic acids is 1. The molecule has 0 unspecified atom stereocenters. The standard InChI is InChI=1S/C12H12BrN3OS/c1-2-16-7-9(6-14-16)15-12(17)10-4-3-8(13)5-11(10)18/h3-7,18H,2H2,1H3,(H,15,17). The van der Waals surface area contributed by atoms with Gasteiger partial charge in [-0.3, -0.25) is 9.48 Å². The van der Waals surface area contributed by atoms with Gasteiger partial charge >= 0.3 is 0 Å². The van der Waals surface area contributed by atoms with E-state index in [9.17, 15) is 4.79 Å². The molecule has 0 saturated heterocycles. The van der Waals surface area contributed by atoms with Crippen molar-refractivity contribution in [3.05, 3.63) is 40.6 Å². The summed E-state index contributed by atoms with van der Waals surface area (Å²) in [5, 5.41) is 6.88.